The first-order valence-corrected chi connectivity index (χ1v) is 9.90. The van der Waals surface area contributed by atoms with Gasteiger partial charge in [0.25, 0.3) is 10.1 Å². The second-order valence-corrected chi connectivity index (χ2v) is 7.29. The molecule has 0 heterocycles. The largest absolute Gasteiger partial charge is 1.00 e. The van der Waals surface area contributed by atoms with Crippen LogP contribution in [0.15, 0.2) is 47.4 Å². The van der Waals surface area contributed by atoms with E-state index in [0.717, 1.165) is 30.9 Å². The van der Waals surface area contributed by atoms with Crippen molar-refractivity contribution in [2.75, 3.05) is 0 Å². The number of hydrogen-bond donors (Lipinski definition) is 1. The maximum Gasteiger partial charge on any atom is 1.00 e. The molecule has 1 N–H and O–H groups in total. The van der Waals surface area contributed by atoms with Gasteiger partial charge in [-0.05, 0) is 30.5 Å². The van der Waals surface area contributed by atoms with Crippen molar-refractivity contribution in [2.45, 2.75) is 50.3 Å². The molecule has 0 bridgehead atoms. The second-order valence-electron chi connectivity index (χ2n) is 5.93. The normalized spacial score (nSPS) is 11.0. The van der Waals surface area contributed by atoms with Gasteiger partial charge in [-0.2, -0.15) is 8.42 Å². The fourth-order valence-electron chi connectivity index (χ4n) is 2.68. The molecule has 0 aliphatic carbocycles. The molecule has 0 aliphatic rings. The fraction of sp³-hybridized carbons (Fsp3) is 0.368. The molecule has 2 aromatic carbocycles. The van der Waals surface area contributed by atoms with Crippen LogP contribution in [0.5, 0.6) is 17.2 Å². The molecule has 0 atom stereocenters. The van der Waals surface area contributed by atoms with Gasteiger partial charge in [-0.15, -0.1) is 0 Å². The van der Waals surface area contributed by atoms with Crippen LogP contribution in [-0.2, 0) is 16.5 Å². The third kappa shape index (κ3) is 6.96. The Morgan fingerprint density at radius 2 is 1.62 bits per heavy atom. The average Bonchev–Trinajstić information content (AvgIpc) is 2.55. The van der Waals surface area contributed by atoms with E-state index in [4.69, 9.17) is 4.74 Å². The molecule has 0 aromatic heterocycles. The van der Waals surface area contributed by atoms with Crippen molar-refractivity contribution >= 4 is 10.1 Å². The van der Waals surface area contributed by atoms with Crippen molar-refractivity contribution in [3.63, 3.8) is 0 Å². The zero-order valence-electron chi connectivity index (χ0n) is 15.3. The molecule has 0 amide bonds. The first kappa shape index (κ1) is 23.6. The standard InChI is InChI=1S/C19H24O5S.K/c1-2-3-4-5-6-10-15-11-7-8-13-17(15)24-18-14-9-12-16(20)19(18)25(21,22)23;/h7-9,11-14,20H,2-6,10H2,1H3,(H,21,22,23);/q;+1/p-1. The summed E-state index contributed by atoms with van der Waals surface area (Å²) in [6, 6.07) is 11.2. The van der Waals surface area contributed by atoms with Crippen LogP contribution in [0.1, 0.15) is 44.6 Å². The zero-order chi connectivity index (χ0) is 18.3. The van der Waals surface area contributed by atoms with Crippen LogP contribution in [0.4, 0.5) is 0 Å². The van der Waals surface area contributed by atoms with Crippen molar-refractivity contribution in [2.24, 2.45) is 0 Å². The summed E-state index contributed by atoms with van der Waals surface area (Å²) in [5, 5.41) is 11.8. The number of unbranched alkanes of at least 4 members (excludes halogenated alkanes) is 4. The summed E-state index contributed by atoms with van der Waals surface area (Å²) in [5.74, 6) is -0.459. The van der Waals surface area contributed by atoms with Gasteiger partial charge >= 0.3 is 51.4 Å². The van der Waals surface area contributed by atoms with Gasteiger partial charge in [0, 0.05) is 0 Å². The van der Waals surface area contributed by atoms with Crippen molar-refractivity contribution in [3.05, 3.63) is 48.0 Å². The van der Waals surface area contributed by atoms with E-state index in [1.54, 1.807) is 12.1 Å². The Labute approximate surface area is 198 Å². The third-order valence-corrected chi connectivity index (χ3v) is 4.86. The van der Waals surface area contributed by atoms with Crippen LogP contribution < -0.4 is 61.2 Å². The monoisotopic (exact) mass is 402 g/mol. The number of hydrogen-bond acceptors (Lipinski definition) is 4. The molecule has 0 aliphatic heterocycles. The molecular formula is C19H23KO5S. The quantitative estimate of drug-likeness (QED) is 0.388. The molecule has 26 heavy (non-hydrogen) atoms. The minimum Gasteiger partial charge on any atom is -0.871 e. The minimum absolute atomic E-state index is 0. The number of ether oxygens (including phenoxy) is 1. The molecule has 0 unspecified atom stereocenters. The number of aryl methyl sites for hydroxylation is 1. The van der Waals surface area contributed by atoms with Crippen LogP contribution in [0.25, 0.3) is 0 Å². The van der Waals surface area contributed by atoms with Gasteiger partial charge in [0.2, 0.25) is 0 Å². The Bertz CT molecular complexity index is 805. The van der Waals surface area contributed by atoms with E-state index in [2.05, 4.69) is 6.92 Å². The zero-order valence-corrected chi connectivity index (χ0v) is 19.2. The van der Waals surface area contributed by atoms with Gasteiger partial charge in [-0.25, -0.2) is 0 Å². The molecule has 5 nitrogen and oxygen atoms in total. The maximum absolute atomic E-state index is 11.8. The van der Waals surface area contributed by atoms with Crippen molar-refractivity contribution in [3.8, 4) is 17.2 Å². The summed E-state index contributed by atoms with van der Waals surface area (Å²) < 4.78 is 38.0. The van der Waals surface area contributed by atoms with Crippen molar-refractivity contribution in [1.29, 1.82) is 0 Å². The average molecular weight is 403 g/mol. The van der Waals surface area contributed by atoms with Gasteiger partial charge in [0.15, 0.2) is 0 Å². The van der Waals surface area contributed by atoms with Crippen LogP contribution in [0.2, 0.25) is 0 Å². The molecule has 0 radical (unpaired) electrons. The van der Waals surface area contributed by atoms with Gasteiger partial charge in [0.05, 0.1) is 0 Å². The Hall–Kier alpha value is -0.414. The van der Waals surface area contributed by atoms with Crippen LogP contribution in [0.3, 0.4) is 0 Å². The fourth-order valence-corrected chi connectivity index (χ4v) is 3.36. The summed E-state index contributed by atoms with van der Waals surface area (Å²) in [6.07, 6.45) is 6.51. The number of rotatable bonds is 9. The Morgan fingerprint density at radius 1 is 0.962 bits per heavy atom. The molecule has 0 saturated heterocycles. The van der Waals surface area contributed by atoms with Crippen LogP contribution >= 0.6 is 0 Å². The van der Waals surface area contributed by atoms with E-state index < -0.39 is 20.8 Å². The first-order valence-electron chi connectivity index (χ1n) is 8.46. The number of para-hydroxylation sites is 1. The van der Waals surface area contributed by atoms with E-state index in [1.165, 1.54) is 31.4 Å². The van der Waals surface area contributed by atoms with Gasteiger partial charge < -0.3 is 9.84 Å². The molecule has 7 heteroatoms. The molecule has 0 spiro atoms. The van der Waals surface area contributed by atoms with Gasteiger partial charge in [0.1, 0.15) is 16.4 Å². The number of benzene rings is 2. The van der Waals surface area contributed by atoms with Crippen molar-refractivity contribution in [1.82, 2.24) is 0 Å². The van der Waals surface area contributed by atoms with E-state index in [1.807, 2.05) is 12.1 Å². The van der Waals surface area contributed by atoms with E-state index in [9.17, 15) is 18.1 Å². The Kier molecular flexibility index (Phi) is 10.4. The Morgan fingerprint density at radius 3 is 2.31 bits per heavy atom. The smallest absolute Gasteiger partial charge is 0.871 e. The summed E-state index contributed by atoms with van der Waals surface area (Å²) >= 11 is 0. The minimum atomic E-state index is -4.66. The summed E-state index contributed by atoms with van der Waals surface area (Å²) in [5.41, 5.74) is 0.941. The van der Waals surface area contributed by atoms with Gasteiger partial charge in [-0.1, -0.05) is 68.7 Å². The molecule has 0 fully saturated rings. The Balaban J connectivity index is 0.00000338. The molecule has 2 rings (SSSR count). The second kappa shape index (κ2) is 11.4. The predicted octanol–water partition coefficient (Wildman–Crippen LogP) is 1.32. The van der Waals surface area contributed by atoms with E-state index in [-0.39, 0.29) is 57.1 Å². The predicted molar refractivity (Wildman–Crippen MR) is 94.7 cm³/mol. The topological polar surface area (TPSA) is 86.7 Å². The van der Waals surface area contributed by atoms with Crippen LogP contribution in [-0.4, -0.2) is 13.0 Å². The summed E-state index contributed by atoms with van der Waals surface area (Å²) in [4.78, 5) is -0.729. The third-order valence-electron chi connectivity index (χ3n) is 3.94. The summed E-state index contributed by atoms with van der Waals surface area (Å²) in [6.45, 7) is 2.17. The first-order chi connectivity index (χ1) is 11.9. The molecule has 2 aromatic rings. The summed E-state index contributed by atoms with van der Waals surface area (Å²) in [7, 11) is -4.66. The van der Waals surface area contributed by atoms with E-state index >= 15 is 0 Å². The molecule has 0 saturated carbocycles. The molecule has 136 valence electrons. The van der Waals surface area contributed by atoms with Crippen LogP contribution in [0, 0.1) is 0 Å². The SMILES string of the molecule is CCCCCCCc1ccccc1Oc1cccc([O-])c1S(=O)(=O)O.[K+]. The maximum atomic E-state index is 11.8. The van der Waals surface area contributed by atoms with Crippen molar-refractivity contribution < 1.29 is 74.2 Å². The van der Waals surface area contributed by atoms with E-state index in [0.29, 0.717) is 5.75 Å². The van der Waals surface area contributed by atoms with Gasteiger partial charge in [-0.3, -0.25) is 4.55 Å². The molecular weight excluding hydrogens is 379 g/mol.